The first-order valence-electron chi connectivity index (χ1n) is 12.4. The average molecular weight is 483 g/mol. The molecule has 0 atom stereocenters. The van der Waals surface area contributed by atoms with E-state index in [1.54, 1.807) is 18.0 Å². The Balaban J connectivity index is 0.000000364. The summed E-state index contributed by atoms with van der Waals surface area (Å²) in [6, 6.07) is 6.37. The number of benzene rings is 1. The fourth-order valence-electron chi connectivity index (χ4n) is 4.86. The van der Waals surface area contributed by atoms with Gasteiger partial charge in [0.05, 0.1) is 19.9 Å². The van der Waals surface area contributed by atoms with Crippen LogP contribution in [-0.4, -0.2) is 69.7 Å². The third-order valence-electron chi connectivity index (χ3n) is 6.74. The molecule has 1 aromatic carbocycles. The third kappa shape index (κ3) is 5.83. The molecule has 0 radical (unpaired) electrons. The minimum atomic E-state index is 0.150. The molecule has 1 spiro atoms. The topological polar surface area (TPSA) is 140 Å². The molecule has 190 valence electrons. The second-order valence-electron chi connectivity index (χ2n) is 9.68. The molecule has 0 unspecified atom stereocenters. The zero-order chi connectivity index (χ0) is 24.8. The predicted octanol–water partition coefficient (Wildman–Crippen LogP) is 2.01. The van der Waals surface area contributed by atoms with Gasteiger partial charge in [-0.25, -0.2) is 4.98 Å². The Morgan fingerprint density at radius 3 is 2.57 bits per heavy atom. The Morgan fingerprint density at radius 1 is 1.11 bits per heavy atom. The number of rotatable bonds is 9. The van der Waals surface area contributed by atoms with E-state index in [1.807, 2.05) is 0 Å². The van der Waals surface area contributed by atoms with E-state index in [0.717, 1.165) is 37.4 Å². The van der Waals surface area contributed by atoms with Gasteiger partial charge in [-0.05, 0) is 18.1 Å². The van der Waals surface area contributed by atoms with Crippen molar-refractivity contribution in [1.82, 2.24) is 30.0 Å². The normalized spacial score (nSPS) is 16.4. The first-order valence-corrected chi connectivity index (χ1v) is 12.4. The van der Waals surface area contributed by atoms with E-state index in [4.69, 9.17) is 21.3 Å². The molecule has 35 heavy (non-hydrogen) atoms. The summed E-state index contributed by atoms with van der Waals surface area (Å²) in [4.78, 5) is 10.7. The Labute approximate surface area is 206 Å². The highest BCUT2D eigenvalue weighted by atomic mass is 16.5. The number of aromatic nitrogens is 4. The lowest BCUT2D eigenvalue weighted by molar-refractivity contribution is -0.0444. The number of hydrogen-bond donors (Lipinski definition) is 4. The Kier molecular flexibility index (Phi) is 8.04. The molecular formula is C25H38N8O2. The number of nitrogens with one attached hydrogen (secondary N) is 1. The van der Waals surface area contributed by atoms with Gasteiger partial charge in [0, 0.05) is 50.3 Å². The Hall–Kier alpha value is -2.95. The lowest BCUT2D eigenvalue weighted by Gasteiger charge is -2.56. The second kappa shape index (κ2) is 11.2. The number of aliphatic hydroxyl groups is 1. The van der Waals surface area contributed by atoms with Gasteiger partial charge < -0.3 is 26.6 Å². The standard InChI is InChI=1S/C19H24N8O.C6H14O/c1-28-15-4-12(6-26-10-19(11-26)8-22-9-19)2-3-13(15)7-27-16-14(5-23-27)24-18(21)25-17(16)20;1-2-3-4-5-6-7/h2-5,22H,6-11H2,1H3,(H4,20,21,24,25);7H,2-6H2,1H3. The first kappa shape index (κ1) is 25.2. The fourth-order valence-corrected chi connectivity index (χ4v) is 4.86. The summed E-state index contributed by atoms with van der Waals surface area (Å²) in [6.45, 7) is 8.64. The highest BCUT2D eigenvalue weighted by molar-refractivity contribution is 5.85. The van der Waals surface area contributed by atoms with Crippen LogP contribution in [0, 0.1) is 5.41 Å². The summed E-state index contributed by atoms with van der Waals surface area (Å²) in [5, 5.41) is 16.1. The number of nitrogens with zero attached hydrogens (tertiary/aromatic N) is 5. The Morgan fingerprint density at radius 2 is 1.91 bits per heavy atom. The summed E-state index contributed by atoms with van der Waals surface area (Å²) in [5.41, 5.74) is 15.8. The predicted molar refractivity (Wildman–Crippen MR) is 138 cm³/mol. The average Bonchev–Trinajstić information content (AvgIpc) is 3.19. The maximum atomic E-state index is 8.29. The molecule has 10 nitrogen and oxygen atoms in total. The van der Waals surface area contributed by atoms with E-state index in [1.165, 1.54) is 37.9 Å². The number of likely N-dealkylation sites (tertiary alicyclic amines) is 1. The van der Waals surface area contributed by atoms with Gasteiger partial charge in [0.25, 0.3) is 0 Å². The summed E-state index contributed by atoms with van der Waals surface area (Å²) >= 11 is 0. The van der Waals surface area contributed by atoms with Gasteiger partial charge in [-0.3, -0.25) is 9.58 Å². The minimum Gasteiger partial charge on any atom is -0.496 e. The number of methoxy groups -OCH3 is 1. The van der Waals surface area contributed by atoms with Crippen LogP contribution in [0.3, 0.4) is 0 Å². The number of fused-ring (bicyclic) bond motifs is 1. The zero-order valence-electron chi connectivity index (χ0n) is 20.8. The molecule has 0 aliphatic carbocycles. The molecule has 10 heteroatoms. The van der Waals surface area contributed by atoms with Crippen LogP contribution in [0.4, 0.5) is 11.8 Å². The molecule has 5 rings (SSSR count). The second-order valence-corrected chi connectivity index (χ2v) is 9.68. The van der Waals surface area contributed by atoms with Gasteiger partial charge in [0.1, 0.15) is 16.8 Å². The summed E-state index contributed by atoms with van der Waals surface area (Å²) in [5.74, 6) is 1.32. The van der Waals surface area contributed by atoms with Crippen molar-refractivity contribution in [3.8, 4) is 5.75 Å². The van der Waals surface area contributed by atoms with Crippen LogP contribution in [0.2, 0.25) is 0 Å². The van der Waals surface area contributed by atoms with E-state index in [2.05, 4.69) is 50.4 Å². The first-order chi connectivity index (χ1) is 17.0. The van der Waals surface area contributed by atoms with E-state index in [0.29, 0.717) is 35.4 Å². The number of nitrogen functional groups attached to an aromatic ring is 2. The number of ether oxygens (including phenoxy) is 1. The molecule has 0 saturated carbocycles. The maximum Gasteiger partial charge on any atom is 0.222 e. The molecule has 3 aromatic rings. The summed E-state index contributed by atoms with van der Waals surface area (Å²) in [7, 11) is 1.70. The fraction of sp³-hybridized carbons (Fsp3) is 0.560. The molecule has 4 heterocycles. The number of unbranched alkanes of at least 4 members (excludes halogenated alkanes) is 3. The highest BCUT2D eigenvalue weighted by Gasteiger charge is 2.47. The quantitative estimate of drug-likeness (QED) is 0.337. The largest absolute Gasteiger partial charge is 0.496 e. The van der Waals surface area contributed by atoms with Crippen molar-refractivity contribution >= 4 is 22.8 Å². The van der Waals surface area contributed by atoms with Gasteiger partial charge in [-0.2, -0.15) is 10.1 Å². The lowest BCUT2D eigenvalue weighted by Crippen LogP contribution is -2.70. The van der Waals surface area contributed by atoms with Crippen molar-refractivity contribution in [2.75, 3.05) is 51.4 Å². The van der Waals surface area contributed by atoms with Gasteiger partial charge in [-0.1, -0.05) is 38.3 Å². The minimum absolute atomic E-state index is 0.150. The van der Waals surface area contributed by atoms with Crippen molar-refractivity contribution < 1.29 is 9.84 Å². The molecule has 0 amide bonds. The van der Waals surface area contributed by atoms with Crippen molar-refractivity contribution in [2.24, 2.45) is 5.41 Å². The van der Waals surface area contributed by atoms with Gasteiger partial charge in [0.2, 0.25) is 5.95 Å². The van der Waals surface area contributed by atoms with Gasteiger partial charge in [0.15, 0.2) is 5.82 Å². The van der Waals surface area contributed by atoms with Crippen molar-refractivity contribution in [1.29, 1.82) is 0 Å². The molecule has 2 aliphatic rings. The van der Waals surface area contributed by atoms with E-state index in [-0.39, 0.29) is 5.95 Å². The van der Waals surface area contributed by atoms with Crippen LogP contribution in [-0.2, 0) is 13.1 Å². The third-order valence-corrected chi connectivity index (χ3v) is 6.74. The number of anilines is 2. The van der Waals surface area contributed by atoms with Crippen LogP contribution in [0.1, 0.15) is 43.7 Å². The lowest BCUT2D eigenvalue weighted by atomic mass is 9.74. The van der Waals surface area contributed by atoms with Crippen molar-refractivity contribution in [3.63, 3.8) is 0 Å². The Bertz CT molecular complexity index is 1120. The van der Waals surface area contributed by atoms with Crippen LogP contribution in [0.25, 0.3) is 11.0 Å². The van der Waals surface area contributed by atoms with Crippen LogP contribution in [0.5, 0.6) is 5.75 Å². The smallest absolute Gasteiger partial charge is 0.222 e. The van der Waals surface area contributed by atoms with E-state index < -0.39 is 0 Å². The van der Waals surface area contributed by atoms with Crippen LogP contribution < -0.4 is 21.5 Å². The summed E-state index contributed by atoms with van der Waals surface area (Å²) < 4.78 is 7.43. The number of nitrogens with two attached hydrogens (primary N) is 2. The molecule has 2 fully saturated rings. The number of aliphatic hydroxyl groups excluding tert-OH is 1. The van der Waals surface area contributed by atoms with E-state index >= 15 is 0 Å². The summed E-state index contributed by atoms with van der Waals surface area (Å²) in [6.07, 6.45) is 6.33. The van der Waals surface area contributed by atoms with Gasteiger partial charge >= 0.3 is 0 Å². The van der Waals surface area contributed by atoms with Gasteiger partial charge in [-0.15, -0.1) is 0 Å². The monoisotopic (exact) mass is 482 g/mol. The maximum absolute atomic E-state index is 8.29. The highest BCUT2D eigenvalue weighted by Crippen LogP contribution is 2.35. The van der Waals surface area contributed by atoms with Crippen LogP contribution in [0.15, 0.2) is 24.4 Å². The molecule has 2 saturated heterocycles. The van der Waals surface area contributed by atoms with Crippen LogP contribution >= 0.6 is 0 Å². The van der Waals surface area contributed by atoms with Crippen molar-refractivity contribution in [3.05, 3.63) is 35.5 Å². The number of hydrogen-bond acceptors (Lipinski definition) is 9. The van der Waals surface area contributed by atoms with E-state index in [9.17, 15) is 0 Å². The van der Waals surface area contributed by atoms with Crippen molar-refractivity contribution in [2.45, 2.75) is 45.7 Å². The molecule has 6 N–H and O–H groups in total. The molecule has 0 bridgehead atoms. The molecular weight excluding hydrogens is 444 g/mol. The molecule has 2 aromatic heterocycles. The molecule has 2 aliphatic heterocycles. The SMILES string of the molecule is CCCCCCO.COc1cc(CN2CC3(CNC3)C2)ccc1Cn1ncc2nc(N)nc(N)c21. The zero-order valence-corrected chi connectivity index (χ0v) is 20.8.